The van der Waals surface area contributed by atoms with Gasteiger partial charge in [0.05, 0.1) is 6.21 Å². The minimum Gasteiger partial charge on any atom is -0.369 e. The normalized spacial score (nSPS) is 9.50. The zero-order valence-electron chi connectivity index (χ0n) is 7.22. The third kappa shape index (κ3) is 4.25. The Balaban J connectivity index is 0.00000169. The summed E-state index contributed by atoms with van der Waals surface area (Å²) < 4.78 is 0.949. The van der Waals surface area contributed by atoms with Crippen LogP contribution in [0.15, 0.2) is 38.9 Å². The first-order valence-electron chi connectivity index (χ1n) is 3.56. The summed E-state index contributed by atoms with van der Waals surface area (Å²) in [5.41, 5.74) is 11.1. The maximum Gasteiger partial charge on any atom is 0.211 e. The smallest absolute Gasteiger partial charge is 0.211 e. The van der Waals surface area contributed by atoms with Crippen LogP contribution in [-0.2, 0) is 0 Å². The van der Waals surface area contributed by atoms with Gasteiger partial charge in [0.1, 0.15) is 0 Å². The molecular formula is C8H10BrClN4. The molecule has 14 heavy (non-hydrogen) atoms. The van der Waals surface area contributed by atoms with Gasteiger partial charge in [-0.3, -0.25) is 0 Å². The summed E-state index contributed by atoms with van der Waals surface area (Å²) in [4.78, 5) is 0. The topological polar surface area (TPSA) is 76.8 Å². The second kappa shape index (κ2) is 6.39. The van der Waals surface area contributed by atoms with E-state index in [1.54, 1.807) is 6.21 Å². The number of benzene rings is 1. The average molecular weight is 278 g/mol. The molecule has 1 rings (SSSR count). The fourth-order valence-corrected chi connectivity index (χ4v) is 1.12. The van der Waals surface area contributed by atoms with Crippen LogP contribution >= 0.6 is 28.3 Å². The highest BCUT2D eigenvalue weighted by Crippen LogP contribution is 2.13. The van der Waals surface area contributed by atoms with Crippen molar-refractivity contribution in [1.82, 2.24) is 0 Å². The van der Waals surface area contributed by atoms with E-state index in [0.29, 0.717) is 0 Å². The Morgan fingerprint density at radius 1 is 1.29 bits per heavy atom. The summed E-state index contributed by atoms with van der Waals surface area (Å²) in [6.07, 6.45) is 1.57. The first-order chi connectivity index (χ1) is 6.20. The van der Waals surface area contributed by atoms with Gasteiger partial charge < -0.3 is 11.5 Å². The van der Waals surface area contributed by atoms with Crippen molar-refractivity contribution in [2.75, 3.05) is 0 Å². The van der Waals surface area contributed by atoms with Gasteiger partial charge >= 0.3 is 0 Å². The highest BCUT2D eigenvalue weighted by atomic mass is 79.9. The minimum absolute atomic E-state index is 0. The van der Waals surface area contributed by atoms with Crippen LogP contribution in [0.1, 0.15) is 5.56 Å². The fraction of sp³-hybridized carbons (Fsp3) is 0. The summed E-state index contributed by atoms with van der Waals surface area (Å²) in [6, 6.07) is 7.64. The van der Waals surface area contributed by atoms with Crippen LogP contribution in [0.5, 0.6) is 0 Å². The molecule has 1 aromatic rings. The van der Waals surface area contributed by atoms with Crippen molar-refractivity contribution >= 4 is 40.5 Å². The second-order valence-corrected chi connectivity index (χ2v) is 3.15. The van der Waals surface area contributed by atoms with Gasteiger partial charge in [0.2, 0.25) is 5.96 Å². The van der Waals surface area contributed by atoms with E-state index in [4.69, 9.17) is 11.5 Å². The number of hydrogen-bond donors (Lipinski definition) is 2. The summed E-state index contributed by atoms with van der Waals surface area (Å²) in [7, 11) is 0. The van der Waals surface area contributed by atoms with Crippen LogP contribution in [0.2, 0.25) is 0 Å². The molecule has 4 nitrogen and oxygen atoms in total. The number of nitrogens with zero attached hydrogens (tertiary/aromatic N) is 2. The number of rotatable bonds is 2. The quantitative estimate of drug-likeness (QED) is 0.488. The van der Waals surface area contributed by atoms with Gasteiger partial charge in [-0.05, 0) is 6.07 Å². The van der Waals surface area contributed by atoms with Crippen LogP contribution in [0.4, 0.5) is 0 Å². The Kier molecular flexibility index (Phi) is 5.91. The first kappa shape index (κ1) is 12.9. The molecule has 0 amide bonds. The van der Waals surface area contributed by atoms with Crippen molar-refractivity contribution in [2.24, 2.45) is 21.7 Å². The van der Waals surface area contributed by atoms with Gasteiger partial charge in [0, 0.05) is 10.0 Å². The molecule has 0 saturated carbocycles. The molecule has 76 valence electrons. The number of hydrogen-bond acceptors (Lipinski definition) is 2. The van der Waals surface area contributed by atoms with E-state index in [-0.39, 0.29) is 18.4 Å². The van der Waals surface area contributed by atoms with Gasteiger partial charge in [0.15, 0.2) is 0 Å². The van der Waals surface area contributed by atoms with Crippen molar-refractivity contribution in [2.45, 2.75) is 0 Å². The van der Waals surface area contributed by atoms with E-state index in [9.17, 15) is 0 Å². The van der Waals surface area contributed by atoms with Gasteiger partial charge in [-0.15, -0.1) is 17.5 Å². The number of nitrogens with two attached hydrogens (primary N) is 2. The third-order valence-corrected chi connectivity index (χ3v) is 2.00. The third-order valence-electron chi connectivity index (χ3n) is 1.28. The van der Waals surface area contributed by atoms with Crippen LogP contribution in [0.25, 0.3) is 0 Å². The standard InChI is InChI=1S/C8H9BrN4.ClH/c9-7-4-2-1-3-6(7)5-12-13-8(10)11;/h1-5H,(H4,10,11,13);1H. The largest absolute Gasteiger partial charge is 0.369 e. The molecule has 0 atom stereocenters. The molecule has 6 heteroatoms. The van der Waals surface area contributed by atoms with Crippen molar-refractivity contribution < 1.29 is 0 Å². The molecule has 1 aromatic carbocycles. The van der Waals surface area contributed by atoms with Crippen molar-refractivity contribution in [3.05, 3.63) is 34.3 Å². The lowest BCUT2D eigenvalue weighted by atomic mass is 10.2. The van der Waals surface area contributed by atoms with E-state index >= 15 is 0 Å². The molecule has 0 heterocycles. The van der Waals surface area contributed by atoms with E-state index in [1.807, 2.05) is 24.3 Å². The van der Waals surface area contributed by atoms with Crippen LogP contribution < -0.4 is 11.5 Å². The Bertz CT molecular complexity index is 347. The molecule has 4 N–H and O–H groups in total. The molecular weight excluding hydrogens is 267 g/mol. The van der Waals surface area contributed by atoms with Crippen molar-refractivity contribution in [3.8, 4) is 0 Å². The predicted octanol–water partition coefficient (Wildman–Crippen LogP) is 1.48. The maximum absolute atomic E-state index is 5.10. The molecule has 0 bridgehead atoms. The maximum atomic E-state index is 5.10. The molecule has 0 fully saturated rings. The second-order valence-electron chi connectivity index (χ2n) is 2.29. The Morgan fingerprint density at radius 2 is 1.93 bits per heavy atom. The molecule has 0 aromatic heterocycles. The molecule has 0 aliphatic heterocycles. The molecule has 0 aliphatic rings. The molecule has 0 radical (unpaired) electrons. The monoisotopic (exact) mass is 276 g/mol. The van der Waals surface area contributed by atoms with Crippen LogP contribution in [-0.4, -0.2) is 12.2 Å². The van der Waals surface area contributed by atoms with Crippen molar-refractivity contribution in [3.63, 3.8) is 0 Å². The molecule has 0 unspecified atom stereocenters. The Hall–Kier alpha value is -1.07. The Morgan fingerprint density at radius 3 is 2.50 bits per heavy atom. The summed E-state index contributed by atoms with van der Waals surface area (Å²) >= 11 is 3.36. The van der Waals surface area contributed by atoms with Gasteiger partial charge in [-0.1, -0.05) is 34.1 Å². The van der Waals surface area contributed by atoms with Gasteiger partial charge in [-0.25, -0.2) is 0 Å². The number of halogens is 2. The van der Waals surface area contributed by atoms with Crippen LogP contribution in [0, 0.1) is 0 Å². The molecule has 0 saturated heterocycles. The summed E-state index contributed by atoms with van der Waals surface area (Å²) in [5.74, 6) is -0.0525. The Labute approximate surface area is 96.6 Å². The summed E-state index contributed by atoms with van der Waals surface area (Å²) in [5, 5.41) is 7.17. The van der Waals surface area contributed by atoms with Gasteiger partial charge in [-0.2, -0.15) is 5.10 Å². The highest BCUT2D eigenvalue weighted by molar-refractivity contribution is 9.10. The first-order valence-corrected chi connectivity index (χ1v) is 4.36. The lowest BCUT2D eigenvalue weighted by Gasteiger charge is -1.93. The van der Waals surface area contributed by atoms with E-state index in [2.05, 4.69) is 26.1 Å². The number of guanidine groups is 1. The van der Waals surface area contributed by atoms with Gasteiger partial charge in [0.25, 0.3) is 0 Å². The average Bonchev–Trinajstić information content (AvgIpc) is 2.08. The lowest BCUT2D eigenvalue weighted by Crippen LogP contribution is -2.21. The van der Waals surface area contributed by atoms with Crippen LogP contribution in [0.3, 0.4) is 0 Å². The lowest BCUT2D eigenvalue weighted by molar-refractivity contribution is 1.21. The molecule has 0 aliphatic carbocycles. The highest BCUT2D eigenvalue weighted by Gasteiger charge is 1.92. The predicted molar refractivity (Wildman–Crippen MR) is 64.8 cm³/mol. The zero-order chi connectivity index (χ0) is 9.68. The fourth-order valence-electron chi connectivity index (χ4n) is 0.738. The van der Waals surface area contributed by atoms with E-state index < -0.39 is 0 Å². The van der Waals surface area contributed by atoms with E-state index in [0.717, 1.165) is 10.0 Å². The van der Waals surface area contributed by atoms with Crippen molar-refractivity contribution in [1.29, 1.82) is 0 Å². The SMILES string of the molecule is Cl.NC(N)=NN=Cc1ccccc1Br. The molecule has 0 spiro atoms. The minimum atomic E-state index is -0.0525. The van der Waals surface area contributed by atoms with E-state index in [1.165, 1.54) is 0 Å². The summed E-state index contributed by atoms with van der Waals surface area (Å²) in [6.45, 7) is 0. The zero-order valence-corrected chi connectivity index (χ0v) is 9.62.